The van der Waals surface area contributed by atoms with Crippen LogP contribution < -0.4 is 5.56 Å². The number of hydrogen-bond acceptors (Lipinski definition) is 3. The van der Waals surface area contributed by atoms with Crippen molar-refractivity contribution in [1.82, 2.24) is 4.98 Å². The topological polar surface area (TPSA) is 73.8 Å². The van der Waals surface area contributed by atoms with Gasteiger partial charge in [0.25, 0.3) is 0 Å². The van der Waals surface area contributed by atoms with Crippen LogP contribution in [0.2, 0.25) is 0 Å². The molecule has 2 rings (SSSR count). The Kier molecular flexibility index (Phi) is 1.62. The second kappa shape index (κ2) is 2.65. The molecule has 1 aromatic heterocycles. The Labute approximate surface area is 74.1 Å². The predicted octanol–water partition coefficient (Wildman–Crippen LogP) is 0.719. The summed E-state index contributed by atoms with van der Waals surface area (Å²) in [5.41, 5.74) is 0.993. The molecule has 66 valence electrons. The predicted molar refractivity (Wildman–Crippen MR) is 47.5 cm³/mol. The van der Waals surface area contributed by atoms with Crippen LogP contribution in [0.25, 0.3) is 0 Å². The molecule has 0 spiro atoms. The average Bonchev–Trinajstić information content (AvgIpc) is 2.12. The Hall–Kier alpha value is -1.71. The molecule has 0 amide bonds. The van der Waals surface area contributed by atoms with E-state index >= 15 is 0 Å². The number of nitrogens with one attached hydrogen (secondary N) is 2. The molecule has 0 atom stereocenters. The van der Waals surface area contributed by atoms with Gasteiger partial charge in [0.05, 0.1) is 5.69 Å². The van der Waals surface area contributed by atoms with Gasteiger partial charge >= 0.3 is 0 Å². The summed E-state index contributed by atoms with van der Waals surface area (Å²) in [7, 11) is 0. The van der Waals surface area contributed by atoms with Crippen molar-refractivity contribution in [3.8, 4) is 0 Å². The van der Waals surface area contributed by atoms with E-state index in [1.165, 1.54) is 12.1 Å². The zero-order valence-electron chi connectivity index (χ0n) is 6.89. The van der Waals surface area contributed by atoms with Gasteiger partial charge in [-0.3, -0.25) is 9.59 Å². The number of pyridine rings is 1. The van der Waals surface area contributed by atoms with Crippen molar-refractivity contribution in [3.63, 3.8) is 0 Å². The molecule has 2 N–H and O–H groups in total. The molecule has 0 aromatic carbocycles. The van der Waals surface area contributed by atoms with E-state index < -0.39 is 0 Å². The summed E-state index contributed by atoms with van der Waals surface area (Å²) in [5.74, 6) is -0.0799. The molecule has 0 radical (unpaired) electrons. The first-order valence-electron chi connectivity index (χ1n) is 4.03. The minimum atomic E-state index is -0.290. The molecule has 4 nitrogen and oxygen atoms in total. The number of rotatable bonds is 0. The molecular weight excluding hydrogens is 168 g/mol. The third-order valence-corrected chi connectivity index (χ3v) is 2.12. The second-order valence-corrected chi connectivity index (χ2v) is 3.01. The van der Waals surface area contributed by atoms with Crippen LogP contribution in [0.15, 0.2) is 16.9 Å². The number of H-pyrrole nitrogens is 1. The highest BCUT2D eigenvalue weighted by Gasteiger charge is 2.21. The van der Waals surface area contributed by atoms with Gasteiger partial charge in [0, 0.05) is 23.8 Å². The number of carbonyl (C=O) groups excluding carboxylic acids is 1. The van der Waals surface area contributed by atoms with Crippen molar-refractivity contribution in [3.05, 3.63) is 33.7 Å². The quantitative estimate of drug-likeness (QED) is 0.611. The molecule has 0 aliphatic heterocycles. The van der Waals surface area contributed by atoms with E-state index in [9.17, 15) is 9.59 Å². The van der Waals surface area contributed by atoms with Gasteiger partial charge in [-0.2, -0.15) is 0 Å². The minimum absolute atomic E-state index is 0.0799. The smallest absolute Gasteiger partial charge is 0.248 e. The van der Waals surface area contributed by atoms with E-state index in [-0.39, 0.29) is 11.3 Å². The molecule has 0 unspecified atom stereocenters. The van der Waals surface area contributed by atoms with Crippen molar-refractivity contribution in [2.45, 2.75) is 12.8 Å². The Morgan fingerprint density at radius 3 is 2.77 bits per heavy atom. The van der Waals surface area contributed by atoms with Crippen LogP contribution in [0.5, 0.6) is 0 Å². The van der Waals surface area contributed by atoms with Gasteiger partial charge in [-0.25, -0.2) is 0 Å². The molecule has 4 heteroatoms. The lowest BCUT2D eigenvalue weighted by Crippen LogP contribution is -2.22. The number of hydrogen-bond donors (Lipinski definition) is 2. The van der Waals surface area contributed by atoms with Crippen molar-refractivity contribution in [2.24, 2.45) is 0 Å². The fourth-order valence-corrected chi connectivity index (χ4v) is 1.44. The summed E-state index contributed by atoms with van der Waals surface area (Å²) in [6.07, 6.45) is 0.795. The largest absolute Gasteiger partial charge is 0.319 e. The number of Topliss-reactive ketones (excluding diaryl/α,β-unsaturated/α-hetero) is 1. The molecule has 0 saturated carbocycles. The third kappa shape index (κ3) is 1.20. The number of fused-ring (bicyclic) bond motifs is 1. The molecule has 0 fully saturated rings. The van der Waals surface area contributed by atoms with E-state index in [2.05, 4.69) is 4.98 Å². The van der Waals surface area contributed by atoms with Gasteiger partial charge in [-0.05, 0) is 12.5 Å². The zero-order valence-corrected chi connectivity index (χ0v) is 6.89. The molecular formula is C9H8N2O2. The SMILES string of the molecule is N=C1CCC(=O)c2[nH]c(=O)ccc21. The number of aromatic nitrogens is 1. The van der Waals surface area contributed by atoms with Crippen molar-refractivity contribution in [2.75, 3.05) is 0 Å². The molecule has 1 heterocycles. The molecule has 0 saturated heterocycles. The summed E-state index contributed by atoms with van der Waals surface area (Å²) in [6, 6.07) is 2.87. The highest BCUT2D eigenvalue weighted by Crippen LogP contribution is 2.17. The van der Waals surface area contributed by atoms with Crippen LogP contribution in [0.4, 0.5) is 0 Å². The third-order valence-electron chi connectivity index (χ3n) is 2.12. The Bertz CT molecular complexity index is 445. The summed E-state index contributed by atoms with van der Waals surface area (Å²) in [4.78, 5) is 24.7. The highest BCUT2D eigenvalue weighted by molar-refractivity contribution is 6.13. The van der Waals surface area contributed by atoms with Gasteiger partial charge in [0.15, 0.2) is 5.78 Å². The summed E-state index contributed by atoms with van der Waals surface area (Å²) in [6.45, 7) is 0. The molecule has 1 aromatic rings. The molecule has 1 aliphatic rings. The van der Waals surface area contributed by atoms with E-state index in [1.54, 1.807) is 0 Å². The first kappa shape index (κ1) is 7.91. The van der Waals surface area contributed by atoms with Crippen LogP contribution in [0.3, 0.4) is 0 Å². The van der Waals surface area contributed by atoms with Crippen LogP contribution in [0, 0.1) is 5.41 Å². The fourth-order valence-electron chi connectivity index (χ4n) is 1.44. The van der Waals surface area contributed by atoms with Gasteiger partial charge in [0.2, 0.25) is 5.56 Å². The number of carbonyl (C=O) groups is 1. The standard InChI is InChI=1S/C9H8N2O2/c10-6-2-3-7(12)9-5(6)1-4-8(13)11-9/h1,4,10H,2-3H2,(H,11,13). The first-order chi connectivity index (χ1) is 6.18. The van der Waals surface area contributed by atoms with E-state index in [4.69, 9.17) is 5.41 Å². The summed E-state index contributed by atoms with van der Waals surface area (Å²) < 4.78 is 0. The maximum absolute atomic E-state index is 11.3. The summed E-state index contributed by atoms with van der Waals surface area (Å²) >= 11 is 0. The van der Waals surface area contributed by atoms with Gasteiger partial charge in [0.1, 0.15) is 0 Å². The normalized spacial score (nSPS) is 15.7. The fraction of sp³-hybridized carbons (Fsp3) is 0.222. The van der Waals surface area contributed by atoms with Crippen molar-refractivity contribution >= 4 is 11.5 Å². The van der Waals surface area contributed by atoms with Crippen LogP contribution in [-0.4, -0.2) is 16.5 Å². The van der Waals surface area contributed by atoms with Crippen LogP contribution in [-0.2, 0) is 0 Å². The Morgan fingerprint density at radius 1 is 1.23 bits per heavy atom. The monoisotopic (exact) mass is 176 g/mol. The lowest BCUT2D eigenvalue weighted by Gasteiger charge is -2.13. The molecule has 13 heavy (non-hydrogen) atoms. The maximum Gasteiger partial charge on any atom is 0.248 e. The van der Waals surface area contributed by atoms with Crippen molar-refractivity contribution < 1.29 is 4.79 Å². The van der Waals surface area contributed by atoms with E-state index in [0.29, 0.717) is 29.8 Å². The summed E-state index contributed by atoms with van der Waals surface area (Å²) in [5, 5.41) is 7.56. The molecule has 1 aliphatic carbocycles. The van der Waals surface area contributed by atoms with Crippen molar-refractivity contribution in [1.29, 1.82) is 5.41 Å². The van der Waals surface area contributed by atoms with Gasteiger partial charge in [-0.15, -0.1) is 0 Å². The van der Waals surface area contributed by atoms with E-state index in [1.807, 2.05) is 0 Å². The first-order valence-corrected chi connectivity index (χ1v) is 4.03. The number of aromatic amines is 1. The zero-order chi connectivity index (χ0) is 9.42. The Balaban J connectivity index is 2.70. The van der Waals surface area contributed by atoms with Gasteiger partial charge < -0.3 is 10.4 Å². The second-order valence-electron chi connectivity index (χ2n) is 3.01. The van der Waals surface area contributed by atoms with Gasteiger partial charge in [-0.1, -0.05) is 0 Å². The minimum Gasteiger partial charge on any atom is -0.319 e. The number of ketones is 1. The van der Waals surface area contributed by atoms with Crippen LogP contribution in [0.1, 0.15) is 28.9 Å². The molecule has 0 bridgehead atoms. The lowest BCUT2D eigenvalue weighted by atomic mass is 9.93. The lowest BCUT2D eigenvalue weighted by molar-refractivity contribution is 0.0976. The average molecular weight is 176 g/mol. The van der Waals surface area contributed by atoms with E-state index in [0.717, 1.165) is 0 Å². The highest BCUT2D eigenvalue weighted by atomic mass is 16.1. The Morgan fingerprint density at radius 2 is 2.00 bits per heavy atom. The maximum atomic E-state index is 11.3. The van der Waals surface area contributed by atoms with Crippen LogP contribution >= 0.6 is 0 Å².